The van der Waals surface area contributed by atoms with E-state index in [1.54, 1.807) is 0 Å². The van der Waals surface area contributed by atoms with Crippen molar-refractivity contribution in [2.75, 3.05) is 19.6 Å². The van der Waals surface area contributed by atoms with Crippen LogP contribution in [-0.4, -0.2) is 35.7 Å². The van der Waals surface area contributed by atoms with Crippen LogP contribution < -0.4 is 10.6 Å². The van der Waals surface area contributed by atoms with Crippen LogP contribution in [0.2, 0.25) is 0 Å². The van der Waals surface area contributed by atoms with E-state index < -0.39 is 0 Å². The molecular formula is C13H22N4O. The summed E-state index contributed by atoms with van der Waals surface area (Å²) in [5, 5.41) is 13.2. The molecule has 0 aliphatic carbocycles. The summed E-state index contributed by atoms with van der Waals surface area (Å²) in [5.41, 5.74) is 2.14. The second-order valence-corrected chi connectivity index (χ2v) is 5.37. The van der Waals surface area contributed by atoms with Crippen molar-refractivity contribution in [2.24, 2.45) is 5.41 Å². The summed E-state index contributed by atoms with van der Waals surface area (Å²) in [4.78, 5) is 12.0. The van der Waals surface area contributed by atoms with Gasteiger partial charge >= 0.3 is 0 Å². The second-order valence-electron chi connectivity index (χ2n) is 5.37. The minimum absolute atomic E-state index is 0.177. The second kappa shape index (κ2) is 5.52. The molecule has 2 rings (SSSR count). The Labute approximate surface area is 108 Å². The summed E-state index contributed by atoms with van der Waals surface area (Å²) in [6, 6.07) is 0. The summed E-state index contributed by atoms with van der Waals surface area (Å²) in [7, 11) is 0. The molecule has 1 aromatic rings. The zero-order valence-electron chi connectivity index (χ0n) is 11.2. The number of rotatable bonds is 5. The molecule has 2 heterocycles. The molecule has 3 N–H and O–H groups in total. The van der Waals surface area contributed by atoms with E-state index in [4.69, 9.17) is 0 Å². The van der Waals surface area contributed by atoms with Crippen molar-refractivity contribution >= 4 is 5.91 Å². The predicted molar refractivity (Wildman–Crippen MR) is 70.2 cm³/mol. The number of hydrogen-bond acceptors (Lipinski definition) is 3. The molecule has 1 unspecified atom stereocenters. The predicted octanol–water partition coefficient (Wildman–Crippen LogP) is 0.767. The number of aromatic nitrogens is 2. The van der Waals surface area contributed by atoms with Crippen LogP contribution in [0, 0.1) is 12.3 Å². The SMILES string of the molecule is Cc1[nH]ncc1CCCNC(=O)C1(C)CCNC1. The highest BCUT2D eigenvalue weighted by Gasteiger charge is 2.35. The first-order chi connectivity index (χ1) is 8.62. The van der Waals surface area contributed by atoms with Gasteiger partial charge in [-0.25, -0.2) is 0 Å². The third kappa shape index (κ3) is 2.90. The zero-order valence-corrected chi connectivity index (χ0v) is 11.2. The summed E-state index contributed by atoms with van der Waals surface area (Å²) in [6.45, 7) is 6.52. The molecule has 1 aliphatic heterocycles. The molecule has 0 bridgehead atoms. The third-order valence-electron chi connectivity index (χ3n) is 3.76. The fourth-order valence-electron chi connectivity index (χ4n) is 2.33. The zero-order chi connectivity index (χ0) is 13.0. The van der Waals surface area contributed by atoms with Gasteiger partial charge in [0.25, 0.3) is 0 Å². The quantitative estimate of drug-likeness (QED) is 0.676. The van der Waals surface area contributed by atoms with Gasteiger partial charge in [-0.2, -0.15) is 5.10 Å². The van der Waals surface area contributed by atoms with Crippen molar-refractivity contribution in [3.8, 4) is 0 Å². The monoisotopic (exact) mass is 250 g/mol. The maximum Gasteiger partial charge on any atom is 0.227 e. The number of H-pyrrole nitrogens is 1. The standard InChI is InChI=1S/C13H22N4O/c1-10-11(8-16-17-10)4-3-6-15-12(18)13(2)5-7-14-9-13/h8,14H,3-7,9H2,1-2H3,(H,15,18)(H,16,17). The van der Waals surface area contributed by atoms with E-state index in [1.807, 2.05) is 20.0 Å². The molecule has 1 aromatic heterocycles. The van der Waals surface area contributed by atoms with Gasteiger partial charge < -0.3 is 10.6 Å². The molecule has 1 fully saturated rings. The highest BCUT2D eigenvalue weighted by Crippen LogP contribution is 2.24. The first-order valence-electron chi connectivity index (χ1n) is 6.60. The largest absolute Gasteiger partial charge is 0.356 e. The van der Waals surface area contributed by atoms with E-state index in [2.05, 4.69) is 20.8 Å². The first-order valence-corrected chi connectivity index (χ1v) is 6.60. The average molecular weight is 250 g/mol. The molecule has 18 heavy (non-hydrogen) atoms. The molecule has 0 radical (unpaired) electrons. The van der Waals surface area contributed by atoms with Crippen molar-refractivity contribution in [1.82, 2.24) is 20.8 Å². The molecule has 5 nitrogen and oxygen atoms in total. The van der Waals surface area contributed by atoms with Crippen LogP contribution in [-0.2, 0) is 11.2 Å². The van der Waals surface area contributed by atoms with Gasteiger partial charge in [0.15, 0.2) is 0 Å². The number of hydrogen-bond donors (Lipinski definition) is 3. The number of carbonyl (C=O) groups is 1. The Kier molecular flexibility index (Phi) is 4.01. The molecule has 0 saturated carbocycles. The molecule has 1 atom stereocenters. The topological polar surface area (TPSA) is 69.8 Å². The third-order valence-corrected chi connectivity index (χ3v) is 3.76. The molecule has 1 saturated heterocycles. The highest BCUT2D eigenvalue weighted by atomic mass is 16.2. The minimum Gasteiger partial charge on any atom is -0.356 e. The van der Waals surface area contributed by atoms with Crippen LogP contribution in [0.15, 0.2) is 6.20 Å². The lowest BCUT2D eigenvalue weighted by molar-refractivity contribution is -0.129. The van der Waals surface area contributed by atoms with E-state index in [-0.39, 0.29) is 11.3 Å². The minimum atomic E-state index is -0.217. The van der Waals surface area contributed by atoms with Gasteiger partial charge in [-0.15, -0.1) is 0 Å². The fourth-order valence-corrected chi connectivity index (χ4v) is 2.33. The number of nitrogens with zero attached hydrogens (tertiary/aromatic N) is 1. The molecule has 5 heteroatoms. The normalized spacial score (nSPS) is 23.2. The van der Waals surface area contributed by atoms with Crippen molar-refractivity contribution in [2.45, 2.75) is 33.1 Å². The number of nitrogens with one attached hydrogen (secondary N) is 3. The van der Waals surface area contributed by atoms with Crippen LogP contribution in [0.1, 0.15) is 31.0 Å². The summed E-state index contributed by atoms with van der Waals surface area (Å²) < 4.78 is 0. The van der Waals surface area contributed by atoms with Crippen LogP contribution in [0.25, 0.3) is 0 Å². The van der Waals surface area contributed by atoms with E-state index in [0.29, 0.717) is 0 Å². The lowest BCUT2D eigenvalue weighted by Crippen LogP contribution is -2.40. The number of carbonyl (C=O) groups excluding carboxylic acids is 1. The van der Waals surface area contributed by atoms with Crippen molar-refractivity contribution < 1.29 is 4.79 Å². The average Bonchev–Trinajstić information content (AvgIpc) is 2.95. The summed E-state index contributed by atoms with van der Waals surface area (Å²) in [5.74, 6) is 0.177. The van der Waals surface area contributed by atoms with E-state index >= 15 is 0 Å². The van der Waals surface area contributed by atoms with Gasteiger partial charge in [-0.1, -0.05) is 0 Å². The van der Waals surface area contributed by atoms with E-state index in [1.165, 1.54) is 5.56 Å². The van der Waals surface area contributed by atoms with Gasteiger partial charge in [0.1, 0.15) is 0 Å². The number of aryl methyl sites for hydroxylation is 2. The van der Waals surface area contributed by atoms with Crippen LogP contribution >= 0.6 is 0 Å². The summed E-state index contributed by atoms with van der Waals surface area (Å²) in [6.07, 6.45) is 4.70. The number of aromatic amines is 1. The Morgan fingerprint density at radius 1 is 1.61 bits per heavy atom. The summed E-state index contributed by atoms with van der Waals surface area (Å²) >= 11 is 0. The Morgan fingerprint density at radius 2 is 2.44 bits per heavy atom. The maximum atomic E-state index is 12.0. The molecule has 1 amide bonds. The van der Waals surface area contributed by atoms with Crippen molar-refractivity contribution in [1.29, 1.82) is 0 Å². The number of amides is 1. The maximum absolute atomic E-state index is 12.0. The lowest BCUT2D eigenvalue weighted by Gasteiger charge is -2.21. The molecule has 1 aliphatic rings. The molecule has 0 aromatic carbocycles. The smallest absolute Gasteiger partial charge is 0.227 e. The lowest BCUT2D eigenvalue weighted by atomic mass is 9.89. The Bertz CT molecular complexity index is 407. The van der Waals surface area contributed by atoms with Crippen LogP contribution in [0.3, 0.4) is 0 Å². The van der Waals surface area contributed by atoms with Crippen LogP contribution in [0.4, 0.5) is 0 Å². The van der Waals surface area contributed by atoms with E-state index in [0.717, 1.165) is 44.6 Å². The van der Waals surface area contributed by atoms with Crippen molar-refractivity contribution in [3.63, 3.8) is 0 Å². The van der Waals surface area contributed by atoms with Gasteiger partial charge in [-0.3, -0.25) is 9.89 Å². The van der Waals surface area contributed by atoms with Crippen LogP contribution in [0.5, 0.6) is 0 Å². The van der Waals surface area contributed by atoms with Crippen molar-refractivity contribution in [3.05, 3.63) is 17.5 Å². The van der Waals surface area contributed by atoms with Gasteiger partial charge in [0, 0.05) is 18.8 Å². The van der Waals surface area contributed by atoms with Gasteiger partial charge in [-0.05, 0) is 45.2 Å². The molecular weight excluding hydrogens is 228 g/mol. The Hall–Kier alpha value is -1.36. The Morgan fingerprint density at radius 3 is 3.06 bits per heavy atom. The fraction of sp³-hybridized carbons (Fsp3) is 0.692. The first kappa shape index (κ1) is 13.1. The highest BCUT2D eigenvalue weighted by molar-refractivity contribution is 5.82. The van der Waals surface area contributed by atoms with E-state index in [9.17, 15) is 4.79 Å². The molecule has 100 valence electrons. The van der Waals surface area contributed by atoms with Gasteiger partial charge in [0.05, 0.1) is 11.6 Å². The molecule has 0 spiro atoms. The Balaban J connectivity index is 1.69. The van der Waals surface area contributed by atoms with Gasteiger partial charge in [0.2, 0.25) is 5.91 Å².